The predicted octanol–water partition coefficient (Wildman–Crippen LogP) is 4.37. The second kappa shape index (κ2) is 8.41. The van der Waals surface area contributed by atoms with Crippen molar-refractivity contribution in [3.05, 3.63) is 67.4 Å². The number of imidazole rings is 1. The molecule has 0 atom stereocenters. The molecule has 10 nitrogen and oxygen atoms in total. The number of nitrogens with zero attached hydrogens (tertiary/aromatic N) is 6. The van der Waals surface area contributed by atoms with Crippen LogP contribution < -0.4 is 5.32 Å². The number of anilines is 1. The first-order valence-corrected chi connectivity index (χ1v) is 11.1. The molecule has 0 aliphatic heterocycles. The van der Waals surface area contributed by atoms with E-state index in [-0.39, 0.29) is 5.91 Å². The molecule has 1 amide bonds. The number of H-pyrrole nitrogens is 2. The van der Waals surface area contributed by atoms with E-state index in [0.717, 1.165) is 27.7 Å². The van der Waals surface area contributed by atoms with Gasteiger partial charge < -0.3 is 10.3 Å². The van der Waals surface area contributed by atoms with Crippen LogP contribution >= 0.6 is 0 Å². The molecule has 0 saturated heterocycles. The first-order valence-electron chi connectivity index (χ1n) is 11.1. The Morgan fingerprint density at radius 3 is 2.74 bits per heavy atom. The van der Waals surface area contributed by atoms with Gasteiger partial charge in [0.15, 0.2) is 17.2 Å². The van der Waals surface area contributed by atoms with Crippen molar-refractivity contribution < 1.29 is 4.79 Å². The molecule has 0 aliphatic carbocycles. The van der Waals surface area contributed by atoms with Gasteiger partial charge in [0.1, 0.15) is 11.0 Å². The van der Waals surface area contributed by atoms with E-state index < -0.39 is 0 Å². The van der Waals surface area contributed by atoms with Crippen LogP contribution in [-0.2, 0) is 4.79 Å². The van der Waals surface area contributed by atoms with Gasteiger partial charge >= 0.3 is 0 Å². The normalized spacial score (nSPS) is 11.2. The fourth-order valence-electron chi connectivity index (χ4n) is 3.90. The van der Waals surface area contributed by atoms with Gasteiger partial charge in [-0.25, -0.2) is 15.0 Å². The lowest BCUT2D eigenvalue weighted by Crippen LogP contribution is -2.09. The van der Waals surface area contributed by atoms with Gasteiger partial charge in [-0.3, -0.25) is 19.9 Å². The van der Waals surface area contributed by atoms with Crippen molar-refractivity contribution >= 4 is 33.8 Å². The summed E-state index contributed by atoms with van der Waals surface area (Å²) in [7, 11) is 0. The van der Waals surface area contributed by atoms with Gasteiger partial charge in [-0.2, -0.15) is 5.10 Å². The van der Waals surface area contributed by atoms with Crippen LogP contribution in [0.3, 0.4) is 0 Å². The quantitative estimate of drug-likeness (QED) is 0.346. The van der Waals surface area contributed by atoms with Gasteiger partial charge in [0.25, 0.3) is 0 Å². The van der Waals surface area contributed by atoms with E-state index in [2.05, 4.69) is 35.5 Å². The summed E-state index contributed by atoms with van der Waals surface area (Å²) in [6.07, 6.45) is 8.98. The number of carbonyl (C=O) groups is 1. The summed E-state index contributed by atoms with van der Waals surface area (Å²) >= 11 is 0. The zero-order valence-corrected chi connectivity index (χ0v) is 18.6. The van der Waals surface area contributed by atoms with Crippen molar-refractivity contribution in [2.75, 3.05) is 5.32 Å². The van der Waals surface area contributed by atoms with Gasteiger partial charge in [-0.15, -0.1) is 0 Å². The number of aromatic nitrogens is 8. The highest BCUT2D eigenvalue weighted by Crippen LogP contribution is 2.31. The second-order valence-corrected chi connectivity index (χ2v) is 7.91. The minimum absolute atomic E-state index is 0.0753. The lowest BCUT2D eigenvalue weighted by molar-refractivity contribution is -0.115. The molecule has 0 unspecified atom stereocenters. The minimum atomic E-state index is -0.0753. The van der Waals surface area contributed by atoms with Crippen LogP contribution in [0.5, 0.6) is 0 Å². The zero-order chi connectivity index (χ0) is 23.8. The molecule has 6 aromatic heterocycles. The predicted molar refractivity (Wildman–Crippen MR) is 132 cm³/mol. The van der Waals surface area contributed by atoms with E-state index >= 15 is 0 Å². The maximum absolute atomic E-state index is 11.8. The maximum atomic E-state index is 11.8. The molecule has 0 saturated carbocycles. The smallest absolute Gasteiger partial charge is 0.224 e. The standard InChI is InChI=1S/C25H19N9O/c1-2-20(35)29-16-10-15(12-27-13-16)18-5-6-19-22(30-18)23(34-33-19)25-31-21-17(7-9-28-24(21)32-25)14-4-3-8-26-11-14/h3-13H,2H2,1H3,(H,29,35)(H,33,34)(H,28,31,32). The Kier molecular flexibility index (Phi) is 4.95. The van der Waals surface area contributed by atoms with E-state index in [4.69, 9.17) is 9.97 Å². The SMILES string of the molecule is CCC(=O)Nc1cncc(-c2ccc3[nH]nc(-c4nc5c(-c6cccnc6)ccnc5[nH]4)c3n2)c1. The zero-order valence-electron chi connectivity index (χ0n) is 18.6. The summed E-state index contributed by atoms with van der Waals surface area (Å²) in [6, 6.07) is 11.4. The third kappa shape index (κ3) is 3.76. The van der Waals surface area contributed by atoms with E-state index in [1.807, 2.05) is 36.4 Å². The van der Waals surface area contributed by atoms with E-state index in [9.17, 15) is 4.79 Å². The summed E-state index contributed by atoms with van der Waals surface area (Å²) in [6.45, 7) is 1.80. The van der Waals surface area contributed by atoms with Crippen LogP contribution in [0.2, 0.25) is 0 Å². The second-order valence-electron chi connectivity index (χ2n) is 7.91. The Labute approximate surface area is 198 Å². The molecule has 6 rings (SSSR count). The fourth-order valence-corrected chi connectivity index (χ4v) is 3.90. The highest BCUT2D eigenvalue weighted by Gasteiger charge is 2.17. The number of hydrogen-bond donors (Lipinski definition) is 3. The number of amides is 1. The van der Waals surface area contributed by atoms with Gasteiger partial charge in [0.05, 0.1) is 23.1 Å². The third-order valence-corrected chi connectivity index (χ3v) is 5.63. The average molecular weight is 461 g/mol. The molecule has 6 aromatic rings. The third-order valence-electron chi connectivity index (χ3n) is 5.63. The van der Waals surface area contributed by atoms with Gasteiger partial charge in [-0.05, 0) is 30.3 Å². The topological polar surface area (TPSA) is 138 Å². The van der Waals surface area contributed by atoms with Crippen LogP contribution in [0.1, 0.15) is 13.3 Å². The molecule has 0 bridgehead atoms. The molecule has 35 heavy (non-hydrogen) atoms. The molecular formula is C25H19N9O. The molecule has 0 aliphatic rings. The van der Waals surface area contributed by atoms with Gasteiger partial charge in [0, 0.05) is 47.9 Å². The van der Waals surface area contributed by atoms with Crippen LogP contribution in [0.15, 0.2) is 67.4 Å². The van der Waals surface area contributed by atoms with Crippen LogP contribution in [0.25, 0.3) is 56.1 Å². The van der Waals surface area contributed by atoms with Crippen molar-refractivity contribution in [2.45, 2.75) is 13.3 Å². The van der Waals surface area contributed by atoms with Crippen molar-refractivity contribution in [3.63, 3.8) is 0 Å². The van der Waals surface area contributed by atoms with Crippen LogP contribution in [0.4, 0.5) is 5.69 Å². The lowest BCUT2D eigenvalue weighted by atomic mass is 10.1. The molecule has 170 valence electrons. The van der Waals surface area contributed by atoms with E-state index in [1.54, 1.807) is 37.9 Å². The number of rotatable bonds is 5. The number of aromatic amines is 2. The summed E-state index contributed by atoms with van der Waals surface area (Å²) < 4.78 is 0. The summed E-state index contributed by atoms with van der Waals surface area (Å²) in [4.78, 5) is 37.6. The first kappa shape index (κ1) is 20.6. The first-order chi connectivity index (χ1) is 17.2. The highest BCUT2D eigenvalue weighted by molar-refractivity contribution is 5.95. The fraction of sp³-hybridized carbons (Fsp3) is 0.0800. The Balaban J connectivity index is 1.43. The highest BCUT2D eigenvalue weighted by atomic mass is 16.1. The van der Waals surface area contributed by atoms with Crippen LogP contribution in [-0.4, -0.2) is 46.0 Å². The Hall–Kier alpha value is -4.99. The largest absolute Gasteiger partial charge is 0.325 e. The number of hydrogen-bond acceptors (Lipinski definition) is 7. The van der Waals surface area contributed by atoms with Gasteiger partial charge in [0.2, 0.25) is 5.91 Å². The molecule has 0 radical (unpaired) electrons. The monoisotopic (exact) mass is 461 g/mol. The van der Waals surface area contributed by atoms with Gasteiger partial charge in [-0.1, -0.05) is 13.0 Å². The number of fused-ring (bicyclic) bond motifs is 2. The Bertz CT molecular complexity index is 1690. The Morgan fingerprint density at radius 1 is 0.971 bits per heavy atom. The molecule has 6 heterocycles. The molecule has 0 fully saturated rings. The molecule has 0 spiro atoms. The van der Waals surface area contributed by atoms with E-state index in [0.29, 0.717) is 40.5 Å². The summed E-state index contributed by atoms with van der Waals surface area (Å²) in [5.74, 6) is 0.482. The summed E-state index contributed by atoms with van der Waals surface area (Å²) in [5.41, 5.74) is 7.37. The van der Waals surface area contributed by atoms with Crippen molar-refractivity contribution in [1.82, 2.24) is 40.1 Å². The van der Waals surface area contributed by atoms with Crippen molar-refractivity contribution in [1.29, 1.82) is 0 Å². The van der Waals surface area contributed by atoms with Crippen molar-refractivity contribution in [3.8, 4) is 33.9 Å². The van der Waals surface area contributed by atoms with Crippen molar-refractivity contribution in [2.24, 2.45) is 0 Å². The average Bonchev–Trinajstić information content (AvgIpc) is 3.53. The van der Waals surface area contributed by atoms with Crippen LogP contribution in [0, 0.1) is 0 Å². The molecular weight excluding hydrogens is 442 g/mol. The molecule has 10 heteroatoms. The number of pyridine rings is 4. The minimum Gasteiger partial charge on any atom is -0.325 e. The number of nitrogens with one attached hydrogen (secondary N) is 3. The number of carbonyl (C=O) groups excluding carboxylic acids is 1. The lowest BCUT2D eigenvalue weighted by Gasteiger charge is -2.06. The molecule has 0 aromatic carbocycles. The maximum Gasteiger partial charge on any atom is 0.224 e. The Morgan fingerprint density at radius 2 is 1.89 bits per heavy atom. The molecule has 3 N–H and O–H groups in total. The summed E-state index contributed by atoms with van der Waals surface area (Å²) in [5, 5.41) is 10.3. The van der Waals surface area contributed by atoms with E-state index in [1.165, 1.54) is 0 Å².